The summed E-state index contributed by atoms with van der Waals surface area (Å²) < 4.78 is 0. The molecule has 0 aromatic heterocycles. The largest absolute Gasteiger partial charge is 0.295 e. The molecule has 1 atom stereocenters. The van der Waals surface area contributed by atoms with E-state index in [9.17, 15) is 4.79 Å². The molecule has 0 radical (unpaired) electrons. The van der Waals surface area contributed by atoms with Gasteiger partial charge in [-0.3, -0.25) is 4.79 Å². The maximum Gasteiger partial charge on any atom is 0.155 e. The first-order valence-corrected chi connectivity index (χ1v) is 4.25. The number of allylic oxidation sites excluding steroid dienone is 2. The van der Waals surface area contributed by atoms with Crippen molar-refractivity contribution in [3.63, 3.8) is 0 Å². The van der Waals surface area contributed by atoms with Crippen molar-refractivity contribution in [2.45, 2.75) is 32.6 Å². The second-order valence-electron chi connectivity index (χ2n) is 3.61. The molecule has 0 amide bonds. The number of hydrogen-bond donors (Lipinski definition) is 0. The lowest BCUT2D eigenvalue weighted by atomic mass is 9.77. The van der Waals surface area contributed by atoms with Crippen LogP contribution in [0.3, 0.4) is 0 Å². The van der Waals surface area contributed by atoms with E-state index in [0.29, 0.717) is 12.8 Å². The average molecular weight is 163 g/mol. The number of hydrogen-bond acceptors (Lipinski definition) is 2. The highest BCUT2D eigenvalue weighted by atomic mass is 16.1. The molecule has 0 aromatic carbocycles. The van der Waals surface area contributed by atoms with E-state index < -0.39 is 0 Å². The maximum atomic E-state index is 10.9. The topological polar surface area (TPSA) is 40.9 Å². The van der Waals surface area contributed by atoms with Gasteiger partial charge >= 0.3 is 0 Å². The average Bonchev–Trinajstić information content (AvgIpc) is 2.08. The molecule has 0 aromatic rings. The van der Waals surface area contributed by atoms with Crippen LogP contribution in [0.15, 0.2) is 12.2 Å². The molecular formula is C10H13NO. The molecular weight excluding hydrogens is 150 g/mol. The van der Waals surface area contributed by atoms with Crippen LogP contribution in [0.1, 0.15) is 32.6 Å². The Morgan fingerprint density at radius 1 is 1.75 bits per heavy atom. The normalized spacial score (nSPS) is 28.5. The Morgan fingerprint density at radius 2 is 2.50 bits per heavy atom. The Kier molecular flexibility index (Phi) is 2.65. The van der Waals surface area contributed by atoms with Crippen molar-refractivity contribution in [1.29, 1.82) is 5.26 Å². The number of carbonyl (C=O) groups excluding carboxylic acids is 1. The van der Waals surface area contributed by atoms with Crippen LogP contribution >= 0.6 is 0 Å². The molecule has 0 heterocycles. The van der Waals surface area contributed by atoms with Crippen LogP contribution in [0.4, 0.5) is 0 Å². The maximum absolute atomic E-state index is 10.9. The van der Waals surface area contributed by atoms with Gasteiger partial charge < -0.3 is 0 Å². The van der Waals surface area contributed by atoms with Crippen LogP contribution in [0.25, 0.3) is 0 Å². The van der Waals surface area contributed by atoms with Gasteiger partial charge in [-0.25, -0.2) is 0 Å². The molecule has 0 bridgehead atoms. The van der Waals surface area contributed by atoms with Gasteiger partial charge in [0.25, 0.3) is 0 Å². The number of ketones is 1. The second-order valence-corrected chi connectivity index (χ2v) is 3.61. The van der Waals surface area contributed by atoms with E-state index in [4.69, 9.17) is 5.26 Å². The van der Waals surface area contributed by atoms with Gasteiger partial charge in [0.05, 0.1) is 6.07 Å². The fourth-order valence-corrected chi connectivity index (χ4v) is 1.42. The predicted octanol–water partition coefficient (Wildman–Crippen LogP) is 2.22. The first-order chi connectivity index (χ1) is 5.66. The van der Waals surface area contributed by atoms with E-state index in [0.717, 1.165) is 12.8 Å². The van der Waals surface area contributed by atoms with E-state index in [-0.39, 0.29) is 11.2 Å². The van der Waals surface area contributed by atoms with Crippen LogP contribution in [-0.2, 0) is 4.79 Å². The Labute approximate surface area is 72.9 Å². The highest BCUT2D eigenvalue weighted by molar-refractivity contribution is 5.90. The first-order valence-electron chi connectivity index (χ1n) is 4.25. The van der Waals surface area contributed by atoms with Crippen LogP contribution < -0.4 is 0 Å². The second kappa shape index (κ2) is 3.53. The zero-order valence-corrected chi connectivity index (χ0v) is 7.34. The summed E-state index contributed by atoms with van der Waals surface area (Å²) in [4.78, 5) is 10.9. The fourth-order valence-electron chi connectivity index (χ4n) is 1.42. The third kappa shape index (κ3) is 2.20. The van der Waals surface area contributed by atoms with E-state index in [1.165, 1.54) is 0 Å². The van der Waals surface area contributed by atoms with Crippen molar-refractivity contribution >= 4 is 5.78 Å². The van der Waals surface area contributed by atoms with E-state index >= 15 is 0 Å². The van der Waals surface area contributed by atoms with Gasteiger partial charge in [-0.1, -0.05) is 13.0 Å². The summed E-state index contributed by atoms with van der Waals surface area (Å²) in [6.45, 7) is 2.10. The first kappa shape index (κ1) is 8.99. The molecule has 0 aliphatic heterocycles. The third-order valence-electron chi connectivity index (χ3n) is 2.42. The van der Waals surface area contributed by atoms with Gasteiger partial charge in [0.1, 0.15) is 0 Å². The molecule has 2 nitrogen and oxygen atoms in total. The molecule has 0 fully saturated rings. The smallest absolute Gasteiger partial charge is 0.155 e. The molecule has 64 valence electrons. The summed E-state index contributed by atoms with van der Waals surface area (Å²) in [5.41, 5.74) is 0.0869. The third-order valence-corrected chi connectivity index (χ3v) is 2.42. The number of rotatable bonds is 2. The Balaban J connectivity index is 2.56. The predicted molar refractivity (Wildman–Crippen MR) is 46.3 cm³/mol. The van der Waals surface area contributed by atoms with Gasteiger partial charge in [-0.15, -0.1) is 0 Å². The summed E-state index contributed by atoms with van der Waals surface area (Å²) in [5.74, 6) is 0.212. The lowest BCUT2D eigenvalue weighted by molar-refractivity contribution is -0.115. The fraction of sp³-hybridized carbons (Fsp3) is 0.600. The quantitative estimate of drug-likeness (QED) is 0.626. The van der Waals surface area contributed by atoms with Gasteiger partial charge in [-0.05, 0) is 24.3 Å². The van der Waals surface area contributed by atoms with Gasteiger partial charge in [0.15, 0.2) is 5.78 Å². The number of nitrogens with zero attached hydrogens (tertiary/aromatic N) is 1. The van der Waals surface area contributed by atoms with Crippen molar-refractivity contribution in [1.82, 2.24) is 0 Å². The van der Waals surface area contributed by atoms with Crippen LogP contribution in [0, 0.1) is 16.7 Å². The standard InChI is InChI=1S/C10H13NO/c1-10(5-2-8-11)6-3-9(12)4-7-10/h3,6H,2,4-5,7H2,1H3/t10-/m0/s1. The molecule has 1 aliphatic rings. The molecule has 12 heavy (non-hydrogen) atoms. The highest BCUT2D eigenvalue weighted by Gasteiger charge is 2.24. The van der Waals surface area contributed by atoms with Gasteiger partial charge in [0.2, 0.25) is 0 Å². The summed E-state index contributed by atoms with van der Waals surface area (Å²) in [6.07, 6.45) is 6.59. The molecule has 1 rings (SSSR count). The van der Waals surface area contributed by atoms with Crippen molar-refractivity contribution in [3.8, 4) is 6.07 Å². The monoisotopic (exact) mass is 163 g/mol. The lowest BCUT2D eigenvalue weighted by Gasteiger charge is -2.27. The molecule has 0 N–H and O–H groups in total. The molecule has 1 aliphatic carbocycles. The van der Waals surface area contributed by atoms with E-state index in [2.05, 4.69) is 13.0 Å². The summed E-state index contributed by atoms with van der Waals surface area (Å²) in [6, 6.07) is 2.13. The van der Waals surface area contributed by atoms with Crippen molar-refractivity contribution in [3.05, 3.63) is 12.2 Å². The minimum Gasteiger partial charge on any atom is -0.295 e. The summed E-state index contributed by atoms with van der Waals surface area (Å²) in [7, 11) is 0. The van der Waals surface area contributed by atoms with E-state index in [1.807, 2.05) is 6.08 Å². The Bertz CT molecular complexity index is 249. The molecule has 0 unspecified atom stereocenters. The lowest BCUT2D eigenvalue weighted by Crippen LogP contribution is -2.19. The number of nitriles is 1. The SMILES string of the molecule is C[C@]1(CCC#N)C=CC(=O)CC1. The highest BCUT2D eigenvalue weighted by Crippen LogP contribution is 2.33. The van der Waals surface area contributed by atoms with E-state index in [1.54, 1.807) is 6.08 Å². The zero-order valence-electron chi connectivity index (χ0n) is 7.34. The molecule has 0 saturated heterocycles. The van der Waals surface area contributed by atoms with Crippen LogP contribution in [-0.4, -0.2) is 5.78 Å². The number of carbonyl (C=O) groups is 1. The van der Waals surface area contributed by atoms with Crippen LogP contribution in [0.5, 0.6) is 0 Å². The summed E-state index contributed by atoms with van der Waals surface area (Å²) >= 11 is 0. The van der Waals surface area contributed by atoms with Crippen LogP contribution in [0.2, 0.25) is 0 Å². The zero-order chi connectivity index (χ0) is 9.03. The van der Waals surface area contributed by atoms with Crippen molar-refractivity contribution in [2.75, 3.05) is 0 Å². The van der Waals surface area contributed by atoms with Gasteiger partial charge in [0, 0.05) is 12.8 Å². The Hall–Kier alpha value is -1.10. The molecule has 0 saturated carbocycles. The molecule has 2 heteroatoms. The van der Waals surface area contributed by atoms with Crippen molar-refractivity contribution in [2.24, 2.45) is 5.41 Å². The minimum absolute atomic E-state index is 0.0869. The van der Waals surface area contributed by atoms with Crippen molar-refractivity contribution < 1.29 is 4.79 Å². The summed E-state index contributed by atoms with van der Waals surface area (Å²) in [5, 5.41) is 8.42. The Morgan fingerprint density at radius 3 is 3.00 bits per heavy atom. The molecule has 0 spiro atoms. The minimum atomic E-state index is 0.0869. The van der Waals surface area contributed by atoms with Gasteiger partial charge in [-0.2, -0.15) is 5.26 Å².